The van der Waals surface area contributed by atoms with Crippen molar-refractivity contribution in [2.24, 2.45) is 17.1 Å². The van der Waals surface area contributed by atoms with Gasteiger partial charge in [-0.3, -0.25) is 9.59 Å². The van der Waals surface area contributed by atoms with E-state index in [9.17, 15) is 9.59 Å². The van der Waals surface area contributed by atoms with Gasteiger partial charge in [0, 0.05) is 20.1 Å². The van der Waals surface area contributed by atoms with Gasteiger partial charge in [-0.15, -0.1) is 0 Å². The minimum Gasteiger partial charge on any atom is -0.392 e. The summed E-state index contributed by atoms with van der Waals surface area (Å²) in [6.07, 6.45) is 2.85. The van der Waals surface area contributed by atoms with Crippen LogP contribution in [-0.4, -0.2) is 41.8 Å². The third-order valence-electron chi connectivity index (χ3n) is 4.41. The molecule has 0 radical (unpaired) electrons. The molecule has 0 bridgehead atoms. The second-order valence-electron chi connectivity index (χ2n) is 5.36. The standard InChI is InChI=1S/C14H25N3O2S/c1-4-14(5-2,12(15)20)13(19)17-8-6-7-10(9-17)11(18)16-3/h10H,4-9H2,1-3H3,(H2,15,20)(H,16,18). The van der Waals surface area contributed by atoms with Gasteiger partial charge >= 0.3 is 0 Å². The second kappa shape index (κ2) is 7.02. The lowest BCUT2D eigenvalue weighted by Gasteiger charge is -2.39. The van der Waals surface area contributed by atoms with E-state index in [0.717, 1.165) is 12.8 Å². The average Bonchev–Trinajstić information content (AvgIpc) is 2.47. The second-order valence-corrected chi connectivity index (χ2v) is 5.80. The number of nitrogens with two attached hydrogens (primary N) is 1. The smallest absolute Gasteiger partial charge is 0.235 e. The van der Waals surface area contributed by atoms with E-state index in [1.54, 1.807) is 11.9 Å². The number of nitrogens with one attached hydrogen (secondary N) is 1. The predicted octanol–water partition coefficient (Wildman–Crippen LogP) is 1.06. The molecule has 20 heavy (non-hydrogen) atoms. The Kier molecular flexibility index (Phi) is 5.92. The SMILES string of the molecule is CCC(CC)(C(=O)N1CCCC(C(=O)NC)C1)C(N)=S. The van der Waals surface area contributed by atoms with Crippen molar-refractivity contribution in [2.45, 2.75) is 39.5 Å². The van der Waals surface area contributed by atoms with Crippen LogP contribution in [-0.2, 0) is 9.59 Å². The molecule has 1 unspecified atom stereocenters. The maximum Gasteiger partial charge on any atom is 0.235 e. The largest absolute Gasteiger partial charge is 0.392 e. The van der Waals surface area contributed by atoms with Crippen molar-refractivity contribution < 1.29 is 9.59 Å². The van der Waals surface area contributed by atoms with Gasteiger partial charge in [-0.25, -0.2) is 0 Å². The van der Waals surface area contributed by atoms with Crippen LogP contribution in [0, 0.1) is 11.3 Å². The Bertz CT molecular complexity index is 394. The van der Waals surface area contributed by atoms with E-state index in [2.05, 4.69) is 5.32 Å². The fourth-order valence-corrected chi connectivity index (χ4v) is 3.26. The van der Waals surface area contributed by atoms with Crippen LogP contribution in [0.25, 0.3) is 0 Å². The number of hydrogen-bond acceptors (Lipinski definition) is 3. The zero-order chi connectivity index (χ0) is 15.3. The van der Waals surface area contributed by atoms with Crippen LogP contribution in [0.3, 0.4) is 0 Å². The number of hydrogen-bond donors (Lipinski definition) is 2. The van der Waals surface area contributed by atoms with E-state index < -0.39 is 5.41 Å². The predicted molar refractivity (Wildman–Crippen MR) is 83.2 cm³/mol. The van der Waals surface area contributed by atoms with Gasteiger partial charge in [0.1, 0.15) is 0 Å². The molecule has 114 valence electrons. The number of nitrogens with zero attached hydrogens (tertiary/aromatic N) is 1. The van der Waals surface area contributed by atoms with E-state index in [-0.39, 0.29) is 22.7 Å². The van der Waals surface area contributed by atoms with Gasteiger partial charge in [-0.05, 0) is 25.7 Å². The molecule has 0 aromatic rings. The van der Waals surface area contributed by atoms with Gasteiger partial charge in [-0.1, -0.05) is 26.1 Å². The lowest BCUT2D eigenvalue weighted by molar-refractivity contribution is -0.142. The number of piperidine rings is 1. The Morgan fingerprint density at radius 1 is 1.40 bits per heavy atom. The van der Waals surface area contributed by atoms with Gasteiger partial charge in [-0.2, -0.15) is 0 Å². The number of carbonyl (C=O) groups excluding carboxylic acids is 2. The zero-order valence-corrected chi connectivity index (χ0v) is 13.4. The monoisotopic (exact) mass is 299 g/mol. The van der Waals surface area contributed by atoms with Gasteiger partial charge in [0.25, 0.3) is 0 Å². The summed E-state index contributed by atoms with van der Waals surface area (Å²) in [5.41, 5.74) is 5.06. The molecule has 1 aliphatic heterocycles. The molecule has 1 rings (SSSR count). The van der Waals surface area contributed by atoms with E-state index in [1.807, 2.05) is 13.8 Å². The third kappa shape index (κ3) is 3.11. The molecule has 1 fully saturated rings. The van der Waals surface area contributed by atoms with Gasteiger partial charge < -0.3 is 16.0 Å². The Balaban J connectivity index is 2.90. The lowest BCUT2D eigenvalue weighted by Crippen LogP contribution is -2.54. The van der Waals surface area contributed by atoms with Crippen molar-refractivity contribution in [3.05, 3.63) is 0 Å². The molecule has 0 spiro atoms. The summed E-state index contributed by atoms with van der Waals surface area (Å²) < 4.78 is 0. The Labute approximate surface area is 126 Å². The molecule has 6 heteroatoms. The molecule has 1 heterocycles. The number of likely N-dealkylation sites (tertiary alicyclic amines) is 1. The van der Waals surface area contributed by atoms with Crippen molar-refractivity contribution in [1.82, 2.24) is 10.2 Å². The summed E-state index contributed by atoms with van der Waals surface area (Å²) >= 11 is 5.13. The highest BCUT2D eigenvalue weighted by atomic mass is 32.1. The van der Waals surface area contributed by atoms with Gasteiger partial charge in [0.2, 0.25) is 11.8 Å². The molecule has 1 saturated heterocycles. The summed E-state index contributed by atoms with van der Waals surface area (Å²) in [6.45, 7) is 5.00. The van der Waals surface area contributed by atoms with E-state index >= 15 is 0 Å². The van der Waals surface area contributed by atoms with Crippen LogP contribution in [0.5, 0.6) is 0 Å². The summed E-state index contributed by atoms with van der Waals surface area (Å²) in [4.78, 5) is 26.6. The quantitative estimate of drug-likeness (QED) is 0.745. The molecule has 0 aromatic heterocycles. The maximum absolute atomic E-state index is 12.8. The number of rotatable bonds is 5. The normalized spacial score (nSPS) is 19.6. The molecule has 1 atom stereocenters. The molecular weight excluding hydrogens is 274 g/mol. The maximum atomic E-state index is 12.8. The minimum absolute atomic E-state index is 0.00331. The van der Waals surface area contributed by atoms with Crippen LogP contribution in [0.15, 0.2) is 0 Å². The van der Waals surface area contributed by atoms with Crippen LogP contribution in [0.1, 0.15) is 39.5 Å². The van der Waals surface area contributed by atoms with Crippen molar-refractivity contribution in [1.29, 1.82) is 0 Å². The fraction of sp³-hybridized carbons (Fsp3) is 0.786. The zero-order valence-electron chi connectivity index (χ0n) is 12.6. The highest BCUT2D eigenvalue weighted by Crippen LogP contribution is 2.31. The Morgan fingerprint density at radius 2 is 2.00 bits per heavy atom. The summed E-state index contributed by atoms with van der Waals surface area (Å²) in [5.74, 6) is -0.157. The van der Waals surface area contributed by atoms with Crippen molar-refractivity contribution in [2.75, 3.05) is 20.1 Å². The van der Waals surface area contributed by atoms with Crippen LogP contribution in [0.2, 0.25) is 0 Å². The number of amides is 2. The van der Waals surface area contributed by atoms with E-state index in [4.69, 9.17) is 18.0 Å². The van der Waals surface area contributed by atoms with E-state index in [0.29, 0.717) is 25.9 Å². The van der Waals surface area contributed by atoms with Crippen molar-refractivity contribution in [3.8, 4) is 0 Å². The molecule has 0 aromatic carbocycles. The molecule has 5 nitrogen and oxygen atoms in total. The number of thiocarbonyl (C=S) groups is 1. The molecule has 0 saturated carbocycles. The van der Waals surface area contributed by atoms with Crippen molar-refractivity contribution >= 4 is 29.0 Å². The average molecular weight is 299 g/mol. The van der Waals surface area contributed by atoms with Crippen LogP contribution >= 0.6 is 12.2 Å². The van der Waals surface area contributed by atoms with Crippen molar-refractivity contribution in [3.63, 3.8) is 0 Å². The molecule has 0 aliphatic carbocycles. The van der Waals surface area contributed by atoms with Gasteiger partial charge in [0.05, 0.1) is 16.3 Å². The number of carbonyl (C=O) groups is 2. The Morgan fingerprint density at radius 3 is 2.45 bits per heavy atom. The third-order valence-corrected chi connectivity index (χ3v) is 4.80. The van der Waals surface area contributed by atoms with E-state index in [1.165, 1.54) is 0 Å². The summed E-state index contributed by atoms with van der Waals surface area (Å²) in [7, 11) is 1.63. The van der Waals surface area contributed by atoms with Crippen LogP contribution < -0.4 is 11.1 Å². The minimum atomic E-state index is -0.764. The first-order chi connectivity index (χ1) is 9.42. The van der Waals surface area contributed by atoms with Crippen LogP contribution in [0.4, 0.5) is 0 Å². The molecule has 1 aliphatic rings. The summed E-state index contributed by atoms with van der Waals surface area (Å²) in [5, 5.41) is 2.66. The topological polar surface area (TPSA) is 75.4 Å². The molecular formula is C14H25N3O2S. The molecule has 2 amide bonds. The first-order valence-electron chi connectivity index (χ1n) is 7.23. The Hall–Kier alpha value is -1.17. The first kappa shape index (κ1) is 16.9. The van der Waals surface area contributed by atoms with Gasteiger partial charge in [0.15, 0.2) is 0 Å². The lowest BCUT2D eigenvalue weighted by atomic mass is 9.80. The molecule has 3 N–H and O–H groups in total. The highest BCUT2D eigenvalue weighted by molar-refractivity contribution is 7.80. The highest BCUT2D eigenvalue weighted by Gasteiger charge is 2.42. The summed E-state index contributed by atoms with van der Waals surface area (Å²) in [6, 6.07) is 0. The first-order valence-corrected chi connectivity index (χ1v) is 7.64. The fourth-order valence-electron chi connectivity index (χ4n) is 2.89.